The number of hydrazone groups is 1. The summed E-state index contributed by atoms with van der Waals surface area (Å²) in [5.74, 6) is -0.936. The number of benzene rings is 2. The van der Waals surface area contributed by atoms with E-state index in [1.807, 2.05) is 26.8 Å². The Balaban J connectivity index is 2.00. The molecule has 1 atom stereocenters. The molecule has 0 bridgehead atoms. The van der Waals surface area contributed by atoms with Gasteiger partial charge in [-0.1, -0.05) is 31.5 Å². The number of hydrogen-bond acceptors (Lipinski definition) is 5. The third-order valence-electron chi connectivity index (χ3n) is 4.01. The fourth-order valence-corrected chi connectivity index (χ4v) is 2.47. The van der Waals surface area contributed by atoms with Crippen LogP contribution < -0.4 is 10.7 Å². The lowest BCUT2D eigenvalue weighted by Crippen LogP contribution is -2.48. The molecule has 0 saturated carbocycles. The molecule has 0 spiro atoms. The number of nitrogens with one attached hydrogen (secondary N) is 2. The lowest BCUT2D eigenvalue weighted by atomic mass is 10.0. The molecule has 0 aromatic heterocycles. The molecule has 28 heavy (non-hydrogen) atoms. The minimum atomic E-state index is -0.762. The second kappa shape index (κ2) is 9.40. The van der Waals surface area contributed by atoms with Crippen molar-refractivity contribution in [1.29, 1.82) is 0 Å². The highest BCUT2D eigenvalue weighted by Gasteiger charge is 2.24. The van der Waals surface area contributed by atoms with Crippen molar-refractivity contribution in [3.05, 3.63) is 75.3 Å². The third-order valence-corrected chi connectivity index (χ3v) is 4.01. The number of carbonyl (C=O) groups is 2. The van der Waals surface area contributed by atoms with Gasteiger partial charge in [-0.3, -0.25) is 19.7 Å². The van der Waals surface area contributed by atoms with Crippen LogP contribution in [0.1, 0.15) is 35.3 Å². The van der Waals surface area contributed by atoms with Crippen LogP contribution >= 0.6 is 0 Å². The molecule has 8 nitrogen and oxygen atoms in total. The molecule has 146 valence electrons. The molecule has 0 fully saturated rings. The zero-order valence-corrected chi connectivity index (χ0v) is 15.9. The van der Waals surface area contributed by atoms with Crippen LogP contribution in [0.3, 0.4) is 0 Å². The van der Waals surface area contributed by atoms with Gasteiger partial charge in [0.1, 0.15) is 6.04 Å². The number of aryl methyl sites for hydroxylation is 1. The van der Waals surface area contributed by atoms with Crippen LogP contribution in [0, 0.1) is 23.0 Å². The van der Waals surface area contributed by atoms with Gasteiger partial charge < -0.3 is 5.32 Å². The number of amides is 2. The predicted molar refractivity (Wildman–Crippen MR) is 106 cm³/mol. The molecule has 0 aliphatic heterocycles. The van der Waals surface area contributed by atoms with E-state index in [-0.39, 0.29) is 17.5 Å². The summed E-state index contributed by atoms with van der Waals surface area (Å²) in [6.45, 7) is 5.53. The van der Waals surface area contributed by atoms with E-state index in [0.717, 1.165) is 5.56 Å². The molecule has 0 heterocycles. The lowest BCUT2D eigenvalue weighted by molar-refractivity contribution is -0.384. The summed E-state index contributed by atoms with van der Waals surface area (Å²) in [5.41, 5.74) is 4.39. The van der Waals surface area contributed by atoms with Crippen LogP contribution in [0.4, 0.5) is 5.69 Å². The van der Waals surface area contributed by atoms with Crippen molar-refractivity contribution in [2.45, 2.75) is 26.8 Å². The molecule has 8 heteroatoms. The molecule has 2 N–H and O–H groups in total. The number of rotatable bonds is 7. The molecule has 0 saturated heterocycles. The minimum Gasteiger partial charge on any atom is -0.340 e. The van der Waals surface area contributed by atoms with Gasteiger partial charge in [-0.05, 0) is 42.7 Å². The highest BCUT2D eigenvalue weighted by Crippen LogP contribution is 2.11. The fraction of sp³-hybridized carbons (Fsp3) is 0.250. The quantitative estimate of drug-likeness (QED) is 0.435. The van der Waals surface area contributed by atoms with E-state index in [9.17, 15) is 19.7 Å². The first-order valence-corrected chi connectivity index (χ1v) is 8.73. The molecule has 0 aliphatic carbocycles. The van der Waals surface area contributed by atoms with E-state index < -0.39 is 16.9 Å². The molecular formula is C20H22N4O4. The summed E-state index contributed by atoms with van der Waals surface area (Å²) in [5, 5.41) is 17.2. The molecule has 2 aromatic rings. The van der Waals surface area contributed by atoms with Crippen molar-refractivity contribution < 1.29 is 14.5 Å². The van der Waals surface area contributed by atoms with E-state index in [1.54, 1.807) is 18.2 Å². The summed E-state index contributed by atoms with van der Waals surface area (Å²) in [4.78, 5) is 35.0. The smallest absolute Gasteiger partial charge is 0.269 e. The number of nitrogens with zero attached hydrogens (tertiary/aromatic N) is 2. The number of carbonyl (C=O) groups excluding carboxylic acids is 2. The minimum absolute atomic E-state index is 0.0279. The van der Waals surface area contributed by atoms with Crippen molar-refractivity contribution in [3.8, 4) is 0 Å². The van der Waals surface area contributed by atoms with Gasteiger partial charge in [0.15, 0.2) is 0 Å². The largest absolute Gasteiger partial charge is 0.340 e. The molecule has 1 unspecified atom stereocenters. The topological polar surface area (TPSA) is 114 Å². The van der Waals surface area contributed by atoms with Gasteiger partial charge in [-0.15, -0.1) is 0 Å². The Labute approximate surface area is 162 Å². The van der Waals surface area contributed by atoms with Gasteiger partial charge in [-0.2, -0.15) is 5.10 Å². The van der Waals surface area contributed by atoms with Crippen LogP contribution in [-0.2, 0) is 4.79 Å². The average molecular weight is 382 g/mol. The Morgan fingerprint density at radius 1 is 1.14 bits per heavy atom. The van der Waals surface area contributed by atoms with Crippen LogP contribution in [0.5, 0.6) is 0 Å². The maximum Gasteiger partial charge on any atom is 0.269 e. The molecular weight excluding hydrogens is 360 g/mol. The van der Waals surface area contributed by atoms with E-state index in [4.69, 9.17) is 0 Å². The van der Waals surface area contributed by atoms with Crippen LogP contribution in [0.2, 0.25) is 0 Å². The van der Waals surface area contributed by atoms with Gasteiger partial charge in [0.2, 0.25) is 0 Å². The predicted octanol–water partition coefficient (Wildman–Crippen LogP) is 2.81. The average Bonchev–Trinajstić information content (AvgIpc) is 2.65. The van der Waals surface area contributed by atoms with Gasteiger partial charge in [0.05, 0.1) is 11.1 Å². The summed E-state index contributed by atoms with van der Waals surface area (Å²) in [7, 11) is 0. The molecule has 0 aliphatic rings. The van der Waals surface area contributed by atoms with E-state index in [2.05, 4.69) is 15.8 Å². The molecule has 2 amide bonds. The van der Waals surface area contributed by atoms with Crippen molar-refractivity contribution >= 4 is 23.7 Å². The first kappa shape index (κ1) is 20.8. The van der Waals surface area contributed by atoms with Gasteiger partial charge >= 0.3 is 0 Å². The van der Waals surface area contributed by atoms with Crippen molar-refractivity contribution in [3.63, 3.8) is 0 Å². The maximum absolute atomic E-state index is 12.4. The Hall–Kier alpha value is -3.55. The summed E-state index contributed by atoms with van der Waals surface area (Å²) >= 11 is 0. The van der Waals surface area contributed by atoms with Crippen molar-refractivity contribution in [2.24, 2.45) is 11.0 Å². The standard InChI is InChI=1S/C20H22N4O4/c1-13(2)18(22-19(25)16-6-4-5-14(3)11-16)20(26)23-21-12-15-7-9-17(10-8-15)24(27)28/h4-13,18H,1-3H3,(H,22,25)(H,23,26)/b21-12-. The monoisotopic (exact) mass is 382 g/mol. The third kappa shape index (κ3) is 5.73. The highest BCUT2D eigenvalue weighted by molar-refractivity contribution is 5.97. The zero-order chi connectivity index (χ0) is 20.7. The van der Waals surface area contributed by atoms with Gasteiger partial charge in [0, 0.05) is 17.7 Å². The second-order valence-corrected chi connectivity index (χ2v) is 6.65. The number of nitro benzene ring substituents is 1. The lowest BCUT2D eigenvalue weighted by Gasteiger charge is -2.20. The van der Waals surface area contributed by atoms with Crippen LogP contribution in [0.25, 0.3) is 0 Å². The van der Waals surface area contributed by atoms with Crippen LogP contribution in [-0.4, -0.2) is 29.0 Å². The highest BCUT2D eigenvalue weighted by atomic mass is 16.6. The number of non-ortho nitro benzene ring substituents is 1. The number of hydrogen-bond donors (Lipinski definition) is 2. The Morgan fingerprint density at radius 2 is 1.82 bits per heavy atom. The van der Waals surface area contributed by atoms with Crippen LogP contribution in [0.15, 0.2) is 53.6 Å². The summed E-state index contributed by atoms with van der Waals surface area (Å²) in [6.07, 6.45) is 1.38. The normalized spacial score (nSPS) is 12.0. The Morgan fingerprint density at radius 3 is 2.39 bits per heavy atom. The maximum atomic E-state index is 12.4. The fourth-order valence-electron chi connectivity index (χ4n) is 2.47. The Kier molecular flexibility index (Phi) is 6.97. The first-order chi connectivity index (χ1) is 13.3. The summed E-state index contributed by atoms with van der Waals surface area (Å²) in [6, 6.07) is 12.1. The van der Waals surface area contributed by atoms with E-state index in [1.165, 1.54) is 30.5 Å². The van der Waals surface area contributed by atoms with E-state index >= 15 is 0 Å². The van der Waals surface area contributed by atoms with Gasteiger partial charge in [0.25, 0.3) is 17.5 Å². The van der Waals surface area contributed by atoms with Crippen molar-refractivity contribution in [2.75, 3.05) is 0 Å². The Bertz CT molecular complexity index is 891. The van der Waals surface area contributed by atoms with Crippen molar-refractivity contribution in [1.82, 2.24) is 10.7 Å². The molecule has 2 rings (SSSR count). The number of nitro groups is 1. The van der Waals surface area contributed by atoms with Gasteiger partial charge in [-0.25, -0.2) is 5.43 Å². The molecule has 2 aromatic carbocycles. The summed E-state index contributed by atoms with van der Waals surface area (Å²) < 4.78 is 0. The van der Waals surface area contributed by atoms with E-state index in [0.29, 0.717) is 11.1 Å². The second-order valence-electron chi connectivity index (χ2n) is 6.65. The first-order valence-electron chi connectivity index (χ1n) is 8.73. The SMILES string of the molecule is Cc1cccc(C(=O)NC(C(=O)N/N=C\c2ccc([N+](=O)[O-])cc2)C(C)C)c1. The zero-order valence-electron chi connectivity index (χ0n) is 15.9. The molecule has 0 radical (unpaired) electrons.